The van der Waals surface area contributed by atoms with Gasteiger partial charge in [-0.05, 0) is 37.3 Å². The molecule has 104 valence electrons. The van der Waals surface area contributed by atoms with Crippen LogP contribution in [-0.4, -0.2) is 21.3 Å². The summed E-state index contributed by atoms with van der Waals surface area (Å²) >= 11 is 0. The SMILES string of the molecule is c1cc2c(c(-c3nncn3C3CCCC3)c1)CCCN2. The van der Waals surface area contributed by atoms with Gasteiger partial charge in [0.1, 0.15) is 6.33 Å². The Morgan fingerprint density at radius 1 is 1.15 bits per heavy atom. The van der Waals surface area contributed by atoms with Crippen molar-refractivity contribution in [3.05, 3.63) is 30.1 Å². The van der Waals surface area contributed by atoms with E-state index in [9.17, 15) is 0 Å². The summed E-state index contributed by atoms with van der Waals surface area (Å²) < 4.78 is 2.30. The third-order valence-corrected chi connectivity index (χ3v) is 4.63. The van der Waals surface area contributed by atoms with E-state index in [1.54, 1.807) is 0 Å². The first-order valence-electron chi connectivity index (χ1n) is 7.69. The highest BCUT2D eigenvalue weighted by molar-refractivity contribution is 5.70. The number of nitrogens with zero attached hydrogens (tertiary/aromatic N) is 3. The molecule has 0 bridgehead atoms. The Kier molecular flexibility index (Phi) is 2.94. The summed E-state index contributed by atoms with van der Waals surface area (Å²) in [6.45, 7) is 1.08. The Morgan fingerprint density at radius 3 is 2.95 bits per heavy atom. The van der Waals surface area contributed by atoms with Gasteiger partial charge < -0.3 is 9.88 Å². The zero-order chi connectivity index (χ0) is 13.4. The van der Waals surface area contributed by atoms with Crippen molar-refractivity contribution < 1.29 is 0 Å². The van der Waals surface area contributed by atoms with Crippen molar-refractivity contribution >= 4 is 5.69 Å². The summed E-state index contributed by atoms with van der Waals surface area (Å²) in [6, 6.07) is 7.09. The van der Waals surface area contributed by atoms with Crippen LogP contribution in [0.1, 0.15) is 43.7 Å². The van der Waals surface area contributed by atoms with Crippen LogP contribution in [0.15, 0.2) is 24.5 Å². The molecule has 0 atom stereocenters. The lowest BCUT2D eigenvalue weighted by atomic mass is 9.97. The molecule has 1 aromatic carbocycles. The van der Waals surface area contributed by atoms with Crippen LogP contribution in [-0.2, 0) is 6.42 Å². The van der Waals surface area contributed by atoms with Crippen LogP contribution in [0.4, 0.5) is 5.69 Å². The quantitative estimate of drug-likeness (QED) is 0.907. The zero-order valence-corrected chi connectivity index (χ0v) is 11.7. The lowest BCUT2D eigenvalue weighted by Crippen LogP contribution is -2.14. The molecular formula is C16H20N4. The fourth-order valence-corrected chi connectivity index (χ4v) is 3.60. The second-order valence-corrected chi connectivity index (χ2v) is 5.86. The maximum absolute atomic E-state index is 4.42. The van der Waals surface area contributed by atoms with E-state index in [1.165, 1.54) is 48.9 Å². The summed E-state index contributed by atoms with van der Waals surface area (Å²) in [6.07, 6.45) is 9.43. The standard InChI is InChI=1S/C16H20N4/c1-2-6-12(5-1)20-11-18-19-16(20)14-7-3-9-15-13(14)8-4-10-17-15/h3,7,9,11-12,17H,1-2,4-6,8,10H2. The fraction of sp³-hybridized carbons (Fsp3) is 0.500. The van der Waals surface area contributed by atoms with Gasteiger partial charge in [0.05, 0.1) is 0 Å². The van der Waals surface area contributed by atoms with Crippen molar-refractivity contribution in [2.45, 2.75) is 44.6 Å². The van der Waals surface area contributed by atoms with Gasteiger partial charge >= 0.3 is 0 Å². The van der Waals surface area contributed by atoms with E-state index in [1.807, 2.05) is 6.33 Å². The Balaban J connectivity index is 1.80. The molecule has 20 heavy (non-hydrogen) atoms. The molecule has 0 saturated heterocycles. The molecule has 0 radical (unpaired) electrons. The molecule has 4 rings (SSSR count). The van der Waals surface area contributed by atoms with Gasteiger partial charge in [-0.15, -0.1) is 10.2 Å². The first kappa shape index (κ1) is 11.9. The molecule has 1 aliphatic heterocycles. The monoisotopic (exact) mass is 268 g/mol. The molecule has 0 unspecified atom stereocenters. The number of hydrogen-bond acceptors (Lipinski definition) is 3. The Hall–Kier alpha value is -1.84. The van der Waals surface area contributed by atoms with Crippen LogP contribution in [0.5, 0.6) is 0 Å². The molecule has 1 aromatic heterocycles. The van der Waals surface area contributed by atoms with Gasteiger partial charge in [-0.2, -0.15) is 0 Å². The summed E-state index contributed by atoms with van der Waals surface area (Å²) in [5.74, 6) is 1.05. The molecule has 2 aliphatic rings. The zero-order valence-electron chi connectivity index (χ0n) is 11.7. The number of benzene rings is 1. The van der Waals surface area contributed by atoms with Gasteiger partial charge in [-0.25, -0.2) is 0 Å². The molecule has 2 heterocycles. The second-order valence-electron chi connectivity index (χ2n) is 5.86. The van der Waals surface area contributed by atoms with E-state index < -0.39 is 0 Å². The molecule has 2 aromatic rings. The average Bonchev–Trinajstić information content (AvgIpc) is 3.17. The van der Waals surface area contributed by atoms with Crippen molar-refractivity contribution in [2.24, 2.45) is 0 Å². The molecule has 4 nitrogen and oxygen atoms in total. The van der Waals surface area contributed by atoms with Crippen LogP contribution >= 0.6 is 0 Å². The maximum atomic E-state index is 4.42. The van der Waals surface area contributed by atoms with Crippen molar-refractivity contribution in [3.8, 4) is 11.4 Å². The molecule has 0 spiro atoms. The van der Waals surface area contributed by atoms with Gasteiger partial charge in [0.25, 0.3) is 0 Å². The lowest BCUT2D eigenvalue weighted by molar-refractivity contribution is 0.521. The van der Waals surface area contributed by atoms with Crippen LogP contribution in [0.3, 0.4) is 0 Å². The first-order chi connectivity index (χ1) is 9.93. The van der Waals surface area contributed by atoms with E-state index in [0.717, 1.165) is 18.8 Å². The molecule has 1 fully saturated rings. The van der Waals surface area contributed by atoms with Crippen LogP contribution < -0.4 is 5.32 Å². The highest BCUT2D eigenvalue weighted by Gasteiger charge is 2.23. The van der Waals surface area contributed by atoms with Crippen molar-refractivity contribution in [1.29, 1.82) is 0 Å². The number of anilines is 1. The van der Waals surface area contributed by atoms with E-state index in [4.69, 9.17) is 0 Å². The van der Waals surface area contributed by atoms with Crippen molar-refractivity contribution in [3.63, 3.8) is 0 Å². The van der Waals surface area contributed by atoms with E-state index in [2.05, 4.69) is 38.3 Å². The lowest BCUT2D eigenvalue weighted by Gasteiger charge is -2.22. The van der Waals surface area contributed by atoms with Gasteiger partial charge in [0.2, 0.25) is 0 Å². The summed E-state index contributed by atoms with van der Waals surface area (Å²) in [5.41, 5.74) is 3.94. The van der Waals surface area contributed by atoms with E-state index in [0.29, 0.717) is 6.04 Å². The average molecular weight is 268 g/mol. The summed E-state index contributed by atoms with van der Waals surface area (Å²) in [7, 11) is 0. The van der Waals surface area contributed by atoms with Crippen molar-refractivity contribution in [2.75, 3.05) is 11.9 Å². The Morgan fingerprint density at radius 2 is 2.05 bits per heavy atom. The molecule has 1 saturated carbocycles. The predicted molar refractivity (Wildman–Crippen MR) is 79.8 cm³/mol. The van der Waals surface area contributed by atoms with Crippen LogP contribution in [0.2, 0.25) is 0 Å². The van der Waals surface area contributed by atoms with Crippen LogP contribution in [0, 0.1) is 0 Å². The van der Waals surface area contributed by atoms with Crippen molar-refractivity contribution in [1.82, 2.24) is 14.8 Å². The third-order valence-electron chi connectivity index (χ3n) is 4.63. The minimum absolute atomic E-state index is 0.590. The molecule has 4 heteroatoms. The molecule has 0 amide bonds. The Labute approximate surface area is 119 Å². The van der Waals surface area contributed by atoms with Gasteiger partial charge in [-0.1, -0.05) is 25.0 Å². The summed E-state index contributed by atoms with van der Waals surface area (Å²) in [4.78, 5) is 0. The first-order valence-corrected chi connectivity index (χ1v) is 7.69. The molecular weight excluding hydrogens is 248 g/mol. The van der Waals surface area contributed by atoms with E-state index in [-0.39, 0.29) is 0 Å². The second kappa shape index (κ2) is 4.93. The summed E-state index contributed by atoms with van der Waals surface area (Å²) in [5, 5.41) is 12.1. The van der Waals surface area contributed by atoms with Gasteiger partial charge in [0, 0.05) is 23.8 Å². The number of nitrogens with one attached hydrogen (secondary N) is 1. The van der Waals surface area contributed by atoms with Gasteiger partial charge in [0.15, 0.2) is 5.82 Å². The largest absolute Gasteiger partial charge is 0.385 e. The normalized spacial score (nSPS) is 18.8. The van der Waals surface area contributed by atoms with E-state index >= 15 is 0 Å². The highest BCUT2D eigenvalue weighted by atomic mass is 15.3. The number of aromatic nitrogens is 3. The number of fused-ring (bicyclic) bond motifs is 1. The smallest absolute Gasteiger partial charge is 0.164 e. The highest BCUT2D eigenvalue weighted by Crippen LogP contribution is 2.36. The number of rotatable bonds is 2. The van der Waals surface area contributed by atoms with Crippen LogP contribution in [0.25, 0.3) is 11.4 Å². The van der Waals surface area contributed by atoms with Gasteiger partial charge in [-0.3, -0.25) is 0 Å². The third kappa shape index (κ3) is 1.90. The Bertz CT molecular complexity index is 611. The maximum Gasteiger partial charge on any atom is 0.164 e. The number of hydrogen-bond donors (Lipinski definition) is 1. The molecule has 1 aliphatic carbocycles. The predicted octanol–water partition coefficient (Wildman–Crippen LogP) is 3.42. The topological polar surface area (TPSA) is 42.7 Å². The minimum atomic E-state index is 0.590. The fourth-order valence-electron chi connectivity index (χ4n) is 3.60. The minimum Gasteiger partial charge on any atom is -0.385 e. The molecule has 1 N–H and O–H groups in total.